The second-order valence-electron chi connectivity index (χ2n) is 6.60. The highest BCUT2D eigenvalue weighted by Gasteiger charge is 2.30. The normalized spacial score (nSPS) is 20.6. The lowest BCUT2D eigenvalue weighted by atomic mass is 10.1. The van der Waals surface area contributed by atoms with E-state index in [4.69, 9.17) is 5.11 Å². The Morgan fingerprint density at radius 1 is 1.16 bits per heavy atom. The van der Waals surface area contributed by atoms with Crippen molar-refractivity contribution in [3.63, 3.8) is 0 Å². The lowest BCUT2D eigenvalue weighted by molar-refractivity contribution is -0.141. The van der Waals surface area contributed by atoms with Gasteiger partial charge < -0.3 is 20.2 Å². The van der Waals surface area contributed by atoms with Gasteiger partial charge in [-0.2, -0.15) is 0 Å². The van der Waals surface area contributed by atoms with Gasteiger partial charge in [0.1, 0.15) is 0 Å². The zero-order valence-corrected chi connectivity index (χ0v) is 14.1. The van der Waals surface area contributed by atoms with Crippen LogP contribution in [-0.4, -0.2) is 47.5 Å². The van der Waals surface area contributed by atoms with E-state index >= 15 is 0 Å². The number of benzene rings is 1. The third-order valence-corrected chi connectivity index (χ3v) is 4.84. The third-order valence-electron chi connectivity index (χ3n) is 4.84. The topological polar surface area (TPSA) is 89.9 Å². The van der Waals surface area contributed by atoms with Crippen LogP contribution < -0.4 is 10.2 Å². The molecule has 0 bridgehead atoms. The minimum absolute atomic E-state index is 0.161. The molecule has 2 fully saturated rings. The number of nitrogens with zero attached hydrogens (tertiary/aromatic N) is 2. The van der Waals surface area contributed by atoms with Crippen molar-refractivity contribution in [2.45, 2.75) is 32.2 Å². The van der Waals surface area contributed by atoms with E-state index in [2.05, 4.69) is 5.32 Å². The first-order valence-electron chi connectivity index (χ1n) is 8.69. The number of urea groups is 1. The molecule has 134 valence electrons. The average molecular weight is 345 g/mol. The average Bonchev–Trinajstić information content (AvgIpc) is 3.11. The van der Waals surface area contributed by atoms with E-state index in [1.807, 2.05) is 29.2 Å². The molecule has 0 aromatic heterocycles. The van der Waals surface area contributed by atoms with E-state index in [0.717, 1.165) is 30.6 Å². The maximum Gasteiger partial charge on any atom is 0.317 e. The molecule has 25 heavy (non-hydrogen) atoms. The van der Waals surface area contributed by atoms with Gasteiger partial charge in [-0.25, -0.2) is 4.79 Å². The van der Waals surface area contributed by atoms with Crippen LogP contribution in [0.15, 0.2) is 24.3 Å². The number of hydrogen-bond acceptors (Lipinski definition) is 3. The number of aliphatic carboxylic acids is 1. The van der Waals surface area contributed by atoms with Crippen molar-refractivity contribution in [3.8, 4) is 0 Å². The number of carboxylic acids is 1. The fourth-order valence-electron chi connectivity index (χ4n) is 3.31. The van der Waals surface area contributed by atoms with E-state index in [1.165, 1.54) is 0 Å². The summed E-state index contributed by atoms with van der Waals surface area (Å²) in [5.74, 6) is -1.15. The number of carboxylic acid groups (broad SMARTS) is 1. The van der Waals surface area contributed by atoms with Crippen LogP contribution in [0.2, 0.25) is 0 Å². The number of carbonyl (C=O) groups excluding carboxylic acids is 2. The maximum absolute atomic E-state index is 12.1. The fourth-order valence-corrected chi connectivity index (χ4v) is 3.31. The van der Waals surface area contributed by atoms with E-state index < -0.39 is 11.9 Å². The first kappa shape index (κ1) is 17.3. The molecule has 0 aliphatic carbocycles. The molecular weight excluding hydrogens is 322 g/mol. The number of rotatable bonds is 4. The van der Waals surface area contributed by atoms with Crippen molar-refractivity contribution in [1.29, 1.82) is 0 Å². The van der Waals surface area contributed by atoms with Gasteiger partial charge in [0.15, 0.2) is 0 Å². The van der Waals surface area contributed by atoms with Crippen LogP contribution in [0.4, 0.5) is 10.5 Å². The van der Waals surface area contributed by atoms with Crippen molar-refractivity contribution < 1.29 is 19.5 Å². The highest BCUT2D eigenvalue weighted by atomic mass is 16.4. The van der Waals surface area contributed by atoms with Crippen LogP contribution in [0.3, 0.4) is 0 Å². The Labute approximate surface area is 146 Å². The van der Waals surface area contributed by atoms with Gasteiger partial charge in [-0.3, -0.25) is 9.59 Å². The number of carbonyl (C=O) groups is 3. The van der Waals surface area contributed by atoms with E-state index in [9.17, 15) is 14.4 Å². The second kappa shape index (κ2) is 7.55. The van der Waals surface area contributed by atoms with Gasteiger partial charge in [0.05, 0.1) is 5.92 Å². The monoisotopic (exact) mass is 345 g/mol. The van der Waals surface area contributed by atoms with E-state index in [1.54, 1.807) is 4.90 Å². The van der Waals surface area contributed by atoms with Crippen LogP contribution in [0.5, 0.6) is 0 Å². The molecule has 2 heterocycles. The zero-order chi connectivity index (χ0) is 17.8. The van der Waals surface area contributed by atoms with E-state index in [0.29, 0.717) is 25.9 Å². The van der Waals surface area contributed by atoms with Gasteiger partial charge in [-0.1, -0.05) is 12.1 Å². The maximum atomic E-state index is 12.1. The van der Waals surface area contributed by atoms with Gasteiger partial charge in [0, 0.05) is 38.3 Å². The molecule has 0 radical (unpaired) electrons. The molecule has 1 aromatic rings. The number of hydrogen-bond donors (Lipinski definition) is 2. The minimum atomic E-state index is -0.849. The van der Waals surface area contributed by atoms with Gasteiger partial charge in [0.2, 0.25) is 5.91 Å². The van der Waals surface area contributed by atoms with Gasteiger partial charge >= 0.3 is 12.0 Å². The SMILES string of the molecule is O=C(O)C1CCN(C(=O)NCc2ccc(N3CCCCC3=O)cc2)C1. The Hall–Kier alpha value is -2.57. The molecule has 1 atom stereocenters. The molecule has 3 amide bonds. The molecule has 2 saturated heterocycles. The number of anilines is 1. The van der Waals surface area contributed by atoms with Crippen LogP contribution in [-0.2, 0) is 16.1 Å². The van der Waals surface area contributed by atoms with Crippen molar-refractivity contribution in [3.05, 3.63) is 29.8 Å². The largest absolute Gasteiger partial charge is 0.481 e. The highest BCUT2D eigenvalue weighted by Crippen LogP contribution is 2.21. The summed E-state index contributed by atoms with van der Waals surface area (Å²) in [7, 11) is 0. The van der Waals surface area contributed by atoms with Crippen molar-refractivity contribution in [2.24, 2.45) is 5.92 Å². The van der Waals surface area contributed by atoms with Gasteiger partial charge in [-0.05, 0) is 37.0 Å². The van der Waals surface area contributed by atoms with Crippen LogP contribution in [0, 0.1) is 5.92 Å². The third kappa shape index (κ3) is 4.10. The van der Waals surface area contributed by atoms with Crippen LogP contribution in [0.25, 0.3) is 0 Å². The summed E-state index contributed by atoms with van der Waals surface area (Å²) in [4.78, 5) is 38.3. The summed E-state index contributed by atoms with van der Waals surface area (Å²) in [6.07, 6.45) is 3.09. The molecule has 0 saturated carbocycles. The number of amides is 3. The molecule has 2 N–H and O–H groups in total. The summed E-state index contributed by atoms with van der Waals surface area (Å²) >= 11 is 0. The van der Waals surface area contributed by atoms with Gasteiger partial charge in [0.25, 0.3) is 0 Å². The lowest BCUT2D eigenvalue weighted by Gasteiger charge is -2.27. The van der Waals surface area contributed by atoms with Crippen LogP contribution in [0.1, 0.15) is 31.2 Å². The molecule has 2 aliphatic heterocycles. The number of nitrogens with one attached hydrogen (secondary N) is 1. The first-order chi connectivity index (χ1) is 12.0. The molecule has 3 rings (SSSR count). The minimum Gasteiger partial charge on any atom is -0.481 e. The predicted molar refractivity (Wildman–Crippen MR) is 92.2 cm³/mol. The fraction of sp³-hybridized carbons (Fsp3) is 0.500. The molecular formula is C18H23N3O4. The predicted octanol–water partition coefficient (Wildman–Crippen LogP) is 1.82. The number of likely N-dealkylation sites (tertiary alicyclic amines) is 1. The Kier molecular flexibility index (Phi) is 5.21. The molecule has 1 aromatic carbocycles. The van der Waals surface area contributed by atoms with Gasteiger partial charge in [-0.15, -0.1) is 0 Å². The number of piperidine rings is 1. The second-order valence-corrected chi connectivity index (χ2v) is 6.60. The van der Waals surface area contributed by atoms with E-state index in [-0.39, 0.29) is 18.5 Å². The Balaban J connectivity index is 1.51. The molecule has 7 heteroatoms. The Bertz CT molecular complexity index is 659. The standard InChI is InChI=1S/C18H23N3O4/c22-16-3-1-2-9-21(16)15-6-4-13(5-7-15)11-19-18(25)20-10-8-14(12-20)17(23)24/h4-7,14H,1-3,8-12H2,(H,19,25)(H,23,24). The Morgan fingerprint density at radius 3 is 2.56 bits per heavy atom. The smallest absolute Gasteiger partial charge is 0.317 e. The quantitative estimate of drug-likeness (QED) is 0.871. The Morgan fingerprint density at radius 2 is 1.92 bits per heavy atom. The van der Waals surface area contributed by atoms with Crippen LogP contribution >= 0.6 is 0 Å². The van der Waals surface area contributed by atoms with Crippen molar-refractivity contribution in [1.82, 2.24) is 10.2 Å². The van der Waals surface area contributed by atoms with Crippen molar-refractivity contribution >= 4 is 23.6 Å². The molecule has 7 nitrogen and oxygen atoms in total. The summed E-state index contributed by atoms with van der Waals surface area (Å²) in [5, 5.41) is 11.8. The molecule has 0 spiro atoms. The summed E-state index contributed by atoms with van der Waals surface area (Å²) in [6.45, 7) is 1.87. The first-order valence-corrected chi connectivity index (χ1v) is 8.69. The summed E-state index contributed by atoms with van der Waals surface area (Å²) in [5.41, 5.74) is 1.83. The molecule has 2 aliphatic rings. The zero-order valence-electron chi connectivity index (χ0n) is 14.1. The summed E-state index contributed by atoms with van der Waals surface area (Å²) < 4.78 is 0. The summed E-state index contributed by atoms with van der Waals surface area (Å²) in [6, 6.07) is 7.38. The molecule has 1 unspecified atom stereocenters. The lowest BCUT2D eigenvalue weighted by Crippen LogP contribution is -2.38. The highest BCUT2D eigenvalue weighted by molar-refractivity contribution is 5.93. The van der Waals surface area contributed by atoms with Crippen molar-refractivity contribution in [2.75, 3.05) is 24.5 Å².